The van der Waals surface area contributed by atoms with Crippen molar-refractivity contribution < 1.29 is 13.9 Å². The Hall–Kier alpha value is -3.07. The Labute approximate surface area is 153 Å². The van der Waals surface area contributed by atoms with Gasteiger partial charge in [0.25, 0.3) is 0 Å². The number of aromatic nitrogens is 3. The number of carbonyl (C=O) groups excluding carboxylic acids is 1. The number of hydrogen-bond donors (Lipinski definition) is 2. The average Bonchev–Trinajstić information content (AvgIpc) is 3.01. The first-order valence-electron chi connectivity index (χ1n) is 7.68. The number of carbonyl (C=O) groups is 1. The minimum absolute atomic E-state index is 0.0171. The monoisotopic (exact) mass is 373 g/mol. The zero-order valence-corrected chi connectivity index (χ0v) is 14.4. The molecule has 0 aliphatic rings. The molecule has 0 bridgehead atoms. The van der Waals surface area contributed by atoms with Crippen molar-refractivity contribution in [1.82, 2.24) is 14.9 Å². The van der Waals surface area contributed by atoms with Gasteiger partial charge in [-0.25, -0.2) is 9.07 Å². The van der Waals surface area contributed by atoms with Gasteiger partial charge in [-0.15, -0.1) is 10.2 Å². The molecule has 0 atom stereocenters. The van der Waals surface area contributed by atoms with Crippen LogP contribution in [-0.2, 0) is 11.4 Å². The van der Waals surface area contributed by atoms with Gasteiger partial charge in [0.2, 0.25) is 11.1 Å². The van der Waals surface area contributed by atoms with E-state index < -0.39 is 5.82 Å². The fraction of sp³-hybridized carbons (Fsp3) is 0.118. The van der Waals surface area contributed by atoms with E-state index in [-0.39, 0.29) is 24.0 Å². The number of nitrogen functional groups attached to an aromatic ring is 1. The summed E-state index contributed by atoms with van der Waals surface area (Å²) in [6.07, 6.45) is 0. The lowest BCUT2D eigenvalue weighted by Gasteiger charge is -2.07. The molecule has 0 fully saturated rings. The second kappa shape index (κ2) is 8.34. The quantitative estimate of drug-likeness (QED) is 0.488. The normalized spacial score (nSPS) is 10.5. The van der Waals surface area contributed by atoms with E-state index in [1.54, 1.807) is 12.1 Å². The number of amides is 1. The van der Waals surface area contributed by atoms with Crippen molar-refractivity contribution in [1.29, 1.82) is 0 Å². The summed E-state index contributed by atoms with van der Waals surface area (Å²) in [7, 11) is 0. The van der Waals surface area contributed by atoms with Gasteiger partial charge in [0.15, 0.2) is 5.82 Å². The second-order valence-electron chi connectivity index (χ2n) is 5.19. The molecule has 0 spiro atoms. The Morgan fingerprint density at radius 2 is 1.88 bits per heavy atom. The summed E-state index contributed by atoms with van der Waals surface area (Å²) in [5.41, 5.74) is 0.129. The van der Waals surface area contributed by atoms with Gasteiger partial charge >= 0.3 is 0 Å². The van der Waals surface area contributed by atoms with Crippen LogP contribution in [0.5, 0.6) is 5.75 Å². The maximum absolute atomic E-state index is 13.5. The molecule has 0 aliphatic carbocycles. The molecule has 0 saturated carbocycles. The molecule has 1 aromatic heterocycles. The van der Waals surface area contributed by atoms with E-state index in [2.05, 4.69) is 15.5 Å². The summed E-state index contributed by atoms with van der Waals surface area (Å²) in [5, 5.41) is 10.8. The average molecular weight is 373 g/mol. The third kappa shape index (κ3) is 4.51. The molecule has 134 valence electrons. The number of anilines is 1. The number of benzene rings is 2. The third-order valence-corrected chi connectivity index (χ3v) is 4.27. The maximum atomic E-state index is 13.5. The summed E-state index contributed by atoms with van der Waals surface area (Å²) in [4.78, 5) is 11.9. The van der Waals surface area contributed by atoms with Gasteiger partial charge in [-0.3, -0.25) is 4.79 Å². The molecule has 3 rings (SSSR count). The number of rotatable bonds is 7. The largest absolute Gasteiger partial charge is 0.486 e. The van der Waals surface area contributed by atoms with E-state index in [0.717, 1.165) is 11.8 Å². The topological polar surface area (TPSA) is 95.1 Å². The summed E-state index contributed by atoms with van der Waals surface area (Å²) in [5.74, 6) is 6.19. The molecule has 1 heterocycles. The van der Waals surface area contributed by atoms with Crippen molar-refractivity contribution in [3.63, 3.8) is 0 Å². The van der Waals surface area contributed by atoms with Crippen LogP contribution in [0.15, 0.2) is 59.8 Å². The molecule has 0 aliphatic heterocycles. The van der Waals surface area contributed by atoms with Gasteiger partial charge in [-0.2, -0.15) is 0 Å². The van der Waals surface area contributed by atoms with E-state index in [4.69, 9.17) is 10.6 Å². The number of thioether (sulfide) groups is 1. The fourth-order valence-electron chi connectivity index (χ4n) is 2.05. The first kappa shape index (κ1) is 17.7. The minimum Gasteiger partial charge on any atom is -0.486 e. The van der Waals surface area contributed by atoms with Crippen molar-refractivity contribution >= 4 is 23.4 Å². The van der Waals surface area contributed by atoms with E-state index in [1.807, 2.05) is 30.3 Å². The van der Waals surface area contributed by atoms with Crippen LogP contribution in [0.1, 0.15) is 5.82 Å². The highest BCUT2D eigenvalue weighted by Crippen LogP contribution is 2.18. The van der Waals surface area contributed by atoms with Crippen LogP contribution in [0.2, 0.25) is 0 Å². The van der Waals surface area contributed by atoms with Crippen LogP contribution >= 0.6 is 11.8 Å². The summed E-state index contributed by atoms with van der Waals surface area (Å²) in [6.45, 7) is 0.148. The van der Waals surface area contributed by atoms with Crippen LogP contribution in [0, 0.1) is 5.82 Å². The summed E-state index contributed by atoms with van der Waals surface area (Å²) < 4.78 is 20.4. The molecule has 9 heteroatoms. The number of hydrogen-bond acceptors (Lipinski definition) is 6. The maximum Gasteiger partial charge on any atom is 0.234 e. The minimum atomic E-state index is -0.492. The first-order valence-corrected chi connectivity index (χ1v) is 8.66. The molecular formula is C17H16FN5O2S. The smallest absolute Gasteiger partial charge is 0.234 e. The highest BCUT2D eigenvalue weighted by atomic mass is 32.2. The molecule has 3 aromatic rings. The summed E-state index contributed by atoms with van der Waals surface area (Å²) >= 11 is 1.10. The zero-order valence-electron chi connectivity index (χ0n) is 13.6. The number of halogens is 1. The molecule has 0 radical (unpaired) electrons. The van der Waals surface area contributed by atoms with Crippen LogP contribution in [0.25, 0.3) is 0 Å². The molecule has 7 nitrogen and oxygen atoms in total. The SMILES string of the molecule is Nn1c(COc2ccccc2)nnc1SCC(=O)Nc1ccccc1F. The Morgan fingerprint density at radius 3 is 2.65 bits per heavy atom. The molecule has 2 aromatic carbocycles. The lowest BCUT2D eigenvalue weighted by molar-refractivity contribution is -0.113. The van der Waals surface area contributed by atoms with Gasteiger partial charge in [-0.1, -0.05) is 42.1 Å². The van der Waals surface area contributed by atoms with Crippen molar-refractivity contribution in [2.24, 2.45) is 0 Å². The van der Waals surface area contributed by atoms with Crippen molar-refractivity contribution in [3.8, 4) is 5.75 Å². The van der Waals surface area contributed by atoms with Gasteiger partial charge in [0, 0.05) is 0 Å². The van der Waals surface area contributed by atoms with Crippen LogP contribution in [0.3, 0.4) is 0 Å². The number of nitrogens with two attached hydrogens (primary N) is 1. The molecule has 0 unspecified atom stereocenters. The van der Waals surface area contributed by atoms with Crippen molar-refractivity contribution in [2.45, 2.75) is 11.8 Å². The van der Waals surface area contributed by atoms with Gasteiger partial charge in [0.05, 0.1) is 11.4 Å². The van der Waals surface area contributed by atoms with Crippen LogP contribution in [0.4, 0.5) is 10.1 Å². The van der Waals surface area contributed by atoms with Gasteiger partial charge in [0.1, 0.15) is 18.2 Å². The van der Waals surface area contributed by atoms with Crippen molar-refractivity contribution in [3.05, 3.63) is 66.2 Å². The Morgan fingerprint density at radius 1 is 1.15 bits per heavy atom. The summed E-state index contributed by atoms with van der Waals surface area (Å²) in [6, 6.07) is 15.2. The predicted molar refractivity (Wildman–Crippen MR) is 96.7 cm³/mol. The number of para-hydroxylation sites is 2. The predicted octanol–water partition coefficient (Wildman–Crippen LogP) is 2.44. The van der Waals surface area contributed by atoms with E-state index >= 15 is 0 Å². The molecule has 0 saturated heterocycles. The first-order chi connectivity index (χ1) is 12.6. The number of nitrogens with one attached hydrogen (secondary N) is 1. The zero-order chi connectivity index (χ0) is 18.4. The number of ether oxygens (including phenoxy) is 1. The van der Waals surface area contributed by atoms with Gasteiger partial charge < -0.3 is 15.9 Å². The Kier molecular flexibility index (Phi) is 5.69. The fourth-order valence-corrected chi connectivity index (χ4v) is 2.72. The lowest BCUT2D eigenvalue weighted by Crippen LogP contribution is -2.18. The molecule has 26 heavy (non-hydrogen) atoms. The third-order valence-electron chi connectivity index (χ3n) is 3.33. The van der Waals surface area contributed by atoms with Crippen LogP contribution in [-0.4, -0.2) is 26.5 Å². The van der Waals surface area contributed by atoms with E-state index in [1.165, 1.54) is 16.8 Å². The molecule has 1 amide bonds. The molecular weight excluding hydrogens is 357 g/mol. The van der Waals surface area contributed by atoms with Crippen LogP contribution < -0.4 is 15.9 Å². The lowest BCUT2D eigenvalue weighted by atomic mass is 10.3. The highest BCUT2D eigenvalue weighted by molar-refractivity contribution is 7.99. The van der Waals surface area contributed by atoms with Crippen molar-refractivity contribution in [2.75, 3.05) is 16.9 Å². The number of nitrogens with zero attached hydrogens (tertiary/aromatic N) is 3. The molecule has 3 N–H and O–H groups in total. The van der Waals surface area contributed by atoms with E-state index in [9.17, 15) is 9.18 Å². The van der Waals surface area contributed by atoms with E-state index in [0.29, 0.717) is 16.7 Å². The Balaban J connectivity index is 1.53. The second-order valence-corrected chi connectivity index (χ2v) is 6.13. The van der Waals surface area contributed by atoms with Gasteiger partial charge in [-0.05, 0) is 24.3 Å². The highest BCUT2D eigenvalue weighted by Gasteiger charge is 2.13. The Bertz CT molecular complexity index is 888. The standard InChI is InChI=1S/C17H16FN5O2S/c18-13-8-4-5-9-14(13)20-16(24)11-26-17-22-21-15(23(17)19)10-25-12-6-2-1-3-7-12/h1-9H,10-11,19H2,(H,20,24).